The van der Waals surface area contributed by atoms with E-state index in [1.807, 2.05) is 6.92 Å². The molecule has 11 heavy (non-hydrogen) atoms. The number of rotatable bonds is 4. The van der Waals surface area contributed by atoms with Gasteiger partial charge in [-0.25, -0.2) is 0 Å². The summed E-state index contributed by atoms with van der Waals surface area (Å²) in [7, 11) is 0. The van der Waals surface area contributed by atoms with Gasteiger partial charge in [-0.05, 0) is 31.1 Å². The summed E-state index contributed by atoms with van der Waals surface area (Å²) in [6.07, 6.45) is 0.783. The monoisotopic (exact) mass is 158 g/mol. The minimum Gasteiger partial charge on any atom is -0.393 e. The third kappa shape index (κ3) is 4.41. The molecule has 1 nitrogen and oxygen atoms in total. The van der Waals surface area contributed by atoms with Crippen LogP contribution in [0.3, 0.4) is 0 Å². The smallest absolute Gasteiger partial charge is 0.0514 e. The summed E-state index contributed by atoms with van der Waals surface area (Å²) in [6.45, 7) is 10.8. The van der Waals surface area contributed by atoms with E-state index in [2.05, 4.69) is 27.7 Å². The second-order valence-corrected chi connectivity index (χ2v) is 4.17. The Balaban J connectivity index is 3.73. The highest BCUT2D eigenvalue weighted by Crippen LogP contribution is 2.23. The number of hydrogen-bond donors (Lipinski definition) is 1. The molecule has 0 aromatic carbocycles. The molecule has 0 spiro atoms. The van der Waals surface area contributed by atoms with Crippen LogP contribution in [0.25, 0.3) is 0 Å². The first-order chi connectivity index (χ1) is 4.95. The Morgan fingerprint density at radius 3 is 1.73 bits per heavy atom. The highest BCUT2D eigenvalue weighted by atomic mass is 16.3. The minimum absolute atomic E-state index is 0.147. The van der Waals surface area contributed by atoms with Crippen LogP contribution in [0.4, 0.5) is 0 Å². The molecule has 1 N–H and O–H groups in total. The molecule has 0 saturated carbocycles. The summed E-state index contributed by atoms with van der Waals surface area (Å²) in [5.74, 6) is 2.07. The zero-order valence-corrected chi connectivity index (χ0v) is 8.46. The van der Waals surface area contributed by atoms with E-state index < -0.39 is 0 Å². The lowest BCUT2D eigenvalue weighted by molar-refractivity contribution is 0.138. The summed E-state index contributed by atoms with van der Waals surface area (Å²) < 4.78 is 0. The number of hydrogen-bond acceptors (Lipinski definition) is 1. The quantitative estimate of drug-likeness (QED) is 0.667. The predicted molar refractivity (Wildman–Crippen MR) is 49.5 cm³/mol. The molecule has 0 aliphatic heterocycles. The third-order valence-corrected chi connectivity index (χ3v) is 2.66. The standard InChI is InChI=1S/C10H22O/c1-7(2)10(5)8(3)6-9(4)11/h7-11H,6H2,1-5H3. The van der Waals surface area contributed by atoms with Crippen LogP contribution in [-0.4, -0.2) is 11.2 Å². The normalized spacial score (nSPS) is 19.9. The van der Waals surface area contributed by atoms with Crippen molar-refractivity contribution in [1.29, 1.82) is 0 Å². The maximum Gasteiger partial charge on any atom is 0.0514 e. The Kier molecular flexibility index (Phi) is 4.74. The van der Waals surface area contributed by atoms with Crippen molar-refractivity contribution in [3.63, 3.8) is 0 Å². The van der Waals surface area contributed by atoms with Gasteiger partial charge < -0.3 is 5.11 Å². The highest BCUT2D eigenvalue weighted by Gasteiger charge is 2.16. The van der Waals surface area contributed by atoms with Crippen LogP contribution in [0.2, 0.25) is 0 Å². The van der Waals surface area contributed by atoms with Crippen molar-refractivity contribution in [2.75, 3.05) is 0 Å². The molecular weight excluding hydrogens is 136 g/mol. The second kappa shape index (κ2) is 4.76. The fourth-order valence-electron chi connectivity index (χ4n) is 1.41. The summed E-state index contributed by atoms with van der Waals surface area (Å²) in [4.78, 5) is 0. The average molecular weight is 158 g/mol. The summed E-state index contributed by atoms with van der Waals surface area (Å²) in [5, 5.41) is 9.15. The van der Waals surface area contributed by atoms with Gasteiger partial charge in [-0.1, -0.05) is 27.7 Å². The Hall–Kier alpha value is -0.0400. The summed E-state index contributed by atoms with van der Waals surface area (Å²) >= 11 is 0. The van der Waals surface area contributed by atoms with E-state index in [9.17, 15) is 0 Å². The molecular formula is C10H22O. The lowest BCUT2D eigenvalue weighted by atomic mass is 9.83. The zero-order chi connectivity index (χ0) is 9.02. The van der Waals surface area contributed by atoms with Crippen molar-refractivity contribution in [2.24, 2.45) is 17.8 Å². The van der Waals surface area contributed by atoms with Gasteiger partial charge in [0.05, 0.1) is 6.10 Å². The van der Waals surface area contributed by atoms with Gasteiger partial charge in [0.1, 0.15) is 0 Å². The van der Waals surface area contributed by atoms with E-state index in [0.717, 1.165) is 12.3 Å². The molecule has 0 aromatic rings. The first-order valence-electron chi connectivity index (χ1n) is 4.63. The first-order valence-corrected chi connectivity index (χ1v) is 4.63. The van der Waals surface area contributed by atoms with Crippen LogP contribution in [0.1, 0.15) is 41.0 Å². The molecule has 0 rings (SSSR count). The van der Waals surface area contributed by atoms with Crippen molar-refractivity contribution < 1.29 is 5.11 Å². The van der Waals surface area contributed by atoms with Gasteiger partial charge in [0, 0.05) is 0 Å². The topological polar surface area (TPSA) is 20.2 Å². The fourth-order valence-corrected chi connectivity index (χ4v) is 1.41. The van der Waals surface area contributed by atoms with Crippen molar-refractivity contribution in [1.82, 2.24) is 0 Å². The molecule has 0 aliphatic rings. The van der Waals surface area contributed by atoms with E-state index in [1.165, 1.54) is 0 Å². The Morgan fingerprint density at radius 1 is 1.00 bits per heavy atom. The van der Waals surface area contributed by atoms with Crippen LogP contribution in [-0.2, 0) is 0 Å². The Labute approximate surface area is 70.8 Å². The lowest BCUT2D eigenvalue weighted by Crippen LogP contribution is -2.18. The van der Waals surface area contributed by atoms with E-state index in [1.54, 1.807) is 0 Å². The van der Waals surface area contributed by atoms with Crippen LogP contribution < -0.4 is 0 Å². The Bertz CT molecular complexity index is 97.0. The van der Waals surface area contributed by atoms with Gasteiger partial charge in [0.15, 0.2) is 0 Å². The van der Waals surface area contributed by atoms with Gasteiger partial charge >= 0.3 is 0 Å². The molecule has 0 amide bonds. The average Bonchev–Trinajstić information content (AvgIpc) is 1.84. The molecule has 0 bridgehead atoms. The number of aliphatic hydroxyl groups excluding tert-OH is 1. The Morgan fingerprint density at radius 2 is 1.45 bits per heavy atom. The SMILES string of the molecule is CC(O)CC(C)C(C)C(C)C. The van der Waals surface area contributed by atoms with Crippen LogP contribution in [0.15, 0.2) is 0 Å². The fraction of sp³-hybridized carbons (Fsp3) is 1.00. The van der Waals surface area contributed by atoms with Crippen LogP contribution >= 0.6 is 0 Å². The first kappa shape index (κ1) is 11.0. The molecule has 1 heteroatoms. The molecule has 3 atom stereocenters. The maximum absolute atomic E-state index is 9.15. The molecule has 0 aliphatic carbocycles. The second-order valence-electron chi connectivity index (χ2n) is 4.17. The van der Waals surface area contributed by atoms with Gasteiger partial charge in [-0.3, -0.25) is 0 Å². The molecule has 68 valence electrons. The minimum atomic E-state index is -0.147. The zero-order valence-electron chi connectivity index (χ0n) is 8.46. The van der Waals surface area contributed by atoms with E-state index >= 15 is 0 Å². The molecule has 0 radical (unpaired) electrons. The van der Waals surface area contributed by atoms with Crippen molar-refractivity contribution >= 4 is 0 Å². The molecule has 3 unspecified atom stereocenters. The molecule has 0 heterocycles. The summed E-state index contributed by atoms with van der Waals surface area (Å²) in [5.41, 5.74) is 0. The third-order valence-electron chi connectivity index (χ3n) is 2.66. The highest BCUT2D eigenvalue weighted by molar-refractivity contribution is 4.66. The van der Waals surface area contributed by atoms with Crippen molar-refractivity contribution in [2.45, 2.75) is 47.1 Å². The number of aliphatic hydroxyl groups is 1. The van der Waals surface area contributed by atoms with Gasteiger partial charge in [0.2, 0.25) is 0 Å². The summed E-state index contributed by atoms with van der Waals surface area (Å²) in [6, 6.07) is 0. The van der Waals surface area contributed by atoms with Crippen LogP contribution in [0.5, 0.6) is 0 Å². The molecule has 0 saturated heterocycles. The lowest BCUT2D eigenvalue weighted by Gasteiger charge is -2.24. The van der Waals surface area contributed by atoms with Crippen molar-refractivity contribution in [3.8, 4) is 0 Å². The van der Waals surface area contributed by atoms with Gasteiger partial charge in [-0.2, -0.15) is 0 Å². The molecule has 0 aromatic heterocycles. The van der Waals surface area contributed by atoms with E-state index in [4.69, 9.17) is 5.11 Å². The molecule has 0 fully saturated rings. The largest absolute Gasteiger partial charge is 0.393 e. The van der Waals surface area contributed by atoms with Crippen molar-refractivity contribution in [3.05, 3.63) is 0 Å². The van der Waals surface area contributed by atoms with E-state index in [0.29, 0.717) is 11.8 Å². The predicted octanol–water partition coefficient (Wildman–Crippen LogP) is 2.69. The van der Waals surface area contributed by atoms with Gasteiger partial charge in [0.25, 0.3) is 0 Å². The maximum atomic E-state index is 9.15. The van der Waals surface area contributed by atoms with Gasteiger partial charge in [-0.15, -0.1) is 0 Å². The van der Waals surface area contributed by atoms with E-state index in [-0.39, 0.29) is 6.10 Å². The van der Waals surface area contributed by atoms with Crippen LogP contribution in [0, 0.1) is 17.8 Å².